The van der Waals surface area contributed by atoms with Crippen LogP contribution in [0.2, 0.25) is 0 Å². The van der Waals surface area contributed by atoms with Crippen molar-refractivity contribution in [3.05, 3.63) is 196 Å². The van der Waals surface area contributed by atoms with Gasteiger partial charge < -0.3 is 0 Å². The molecule has 288 valence electrons. The van der Waals surface area contributed by atoms with Crippen LogP contribution in [-0.2, 0) is 0 Å². The van der Waals surface area contributed by atoms with Gasteiger partial charge in [-0.3, -0.25) is 19.2 Å². The number of nitrogens with zero attached hydrogens (tertiary/aromatic N) is 2. The molecule has 0 saturated carbocycles. The topological polar surface area (TPSA) is 78.1 Å². The first-order chi connectivity index (χ1) is 28.8. The van der Waals surface area contributed by atoms with Gasteiger partial charge in [-0.1, -0.05) is 59.7 Å². The van der Waals surface area contributed by atoms with E-state index in [2.05, 4.69) is 72.8 Å². The largest absolute Gasteiger partial charge is 0.268 e. The lowest BCUT2D eigenvalue weighted by Crippen LogP contribution is -2.25. The summed E-state index contributed by atoms with van der Waals surface area (Å²) in [5, 5.41) is 13.7. The average molecular weight is 779 g/mol. The molecule has 0 saturated heterocycles. The highest BCUT2D eigenvalue weighted by Gasteiger charge is 2.20. The first-order valence-electron chi connectivity index (χ1n) is 20.2. The van der Waals surface area contributed by atoms with Crippen LogP contribution in [0.5, 0.6) is 0 Å². The number of hydrogen-bond acceptors (Lipinski definition) is 4. The zero-order valence-corrected chi connectivity index (χ0v) is 34.1. The van der Waals surface area contributed by atoms with Gasteiger partial charge in [-0.25, -0.2) is 9.13 Å². The van der Waals surface area contributed by atoms with E-state index in [1.54, 1.807) is 0 Å². The molecular weight excluding hydrogens is 741 g/mol. The van der Waals surface area contributed by atoms with E-state index in [0.29, 0.717) is 32.9 Å². The number of aromatic nitrogens is 2. The van der Waals surface area contributed by atoms with Crippen molar-refractivity contribution in [1.29, 1.82) is 0 Å². The molecule has 0 bridgehead atoms. The van der Waals surface area contributed by atoms with Crippen LogP contribution < -0.4 is 22.2 Å². The van der Waals surface area contributed by atoms with Crippen LogP contribution in [0.25, 0.3) is 97.6 Å². The van der Waals surface area contributed by atoms with Gasteiger partial charge in [0, 0.05) is 0 Å². The fourth-order valence-corrected chi connectivity index (χ4v) is 10.0. The van der Waals surface area contributed by atoms with E-state index in [4.69, 9.17) is 0 Å². The van der Waals surface area contributed by atoms with E-state index >= 15 is 0 Å². The van der Waals surface area contributed by atoms with Gasteiger partial charge in [0.05, 0.1) is 32.9 Å². The number of hydrogen-bond donors (Lipinski definition) is 0. The third-order valence-electron chi connectivity index (χ3n) is 12.6. The normalized spacial score (nSPS) is 12.1. The number of rotatable bonds is 2. The third kappa shape index (κ3) is 5.20. The predicted molar refractivity (Wildman–Crippen MR) is 250 cm³/mol. The Kier molecular flexibility index (Phi) is 7.46. The van der Waals surface area contributed by atoms with Gasteiger partial charge in [0.15, 0.2) is 0 Å². The summed E-state index contributed by atoms with van der Waals surface area (Å²) in [4.78, 5) is 55.3. The van der Waals surface area contributed by atoms with Crippen molar-refractivity contribution in [2.24, 2.45) is 0 Å². The first-order valence-corrected chi connectivity index (χ1v) is 20.2. The smallest absolute Gasteiger partial charge is 0.266 e. The molecule has 0 radical (unpaired) electrons. The molecular formula is C54H38N2O4. The molecule has 11 aromatic rings. The minimum absolute atomic E-state index is 0.292. The maximum atomic E-state index is 13.8. The molecule has 2 aromatic heterocycles. The Morgan fingerprint density at radius 1 is 0.267 bits per heavy atom. The van der Waals surface area contributed by atoms with Crippen LogP contribution in [0.1, 0.15) is 33.4 Å². The molecule has 0 aliphatic carbocycles. The minimum atomic E-state index is -0.292. The molecule has 0 spiro atoms. The lowest BCUT2D eigenvalue weighted by Gasteiger charge is -2.10. The molecule has 6 heteroatoms. The Hall–Kier alpha value is -7.44. The Labute approximate surface area is 343 Å². The third-order valence-corrected chi connectivity index (χ3v) is 12.6. The lowest BCUT2D eigenvalue weighted by molar-refractivity contribution is 0.962. The highest BCUT2D eigenvalue weighted by molar-refractivity contribution is 6.10. The Morgan fingerprint density at radius 3 is 0.700 bits per heavy atom. The molecule has 0 atom stereocenters. The predicted octanol–water partition coefficient (Wildman–Crippen LogP) is 11.2. The summed E-state index contributed by atoms with van der Waals surface area (Å²) in [6.07, 6.45) is 0. The van der Waals surface area contributed by atoms with Crippen molar-refractivity contribution in [2.45, 2.75) is 41.5 Å². The van der Waals surface area contributed by atoms with Crippen LogP contribution >= 0.6 is 0 Å². The lowest BCUT2D eigenvalue weighted by atomic mass is 9.97. The second kappa shape index (κ2) is 12.5. The van der Waals surface area contributed by atoms with E-state index in [9.17, 15) is 19.2 Å². The van der Waals surface area contributed by atoms with Crippen molar-refractivity contribution < 1.29 is 0 Å². The van der Waals surface area contributed by atoms with E-state index < -0.39 is 0 Å². The molecule has 9 aromatic carbocycles. The summed E-state index contributed by atoms with van der Waals surface area (Å²) in [6, 6.07) is 41.2. The second-order valence-corrected chi connectivity index (χ2v) is 16.9. The van der Waals surface area contributed by atoms with Gasteiger partial charge in [-0.15, -0.1) is 0 Å². The van der Waals surface area contributed by atoms with Crippen LogP contribution in [0.15, 0.2) is 141 Å². The number of aryl methyl sites for hydroxylation is 6. The molecule has 6 nitrogen and oxygen atoms in total. The Bertz CT molecular complexity index is 3530. The summed E-state index contributed by atoms with van der Waals surface area (Å²) < 4.78 is 2.68. The number of fused-ring (bicyclic) bond motifs is 8. The highest BCUT2D eigenvalue weighted by Crippen LogP contribution is 2.33. The fourth-order valence-electron chi connectivity index (χ4n) is 10.0. The zero-order chi connectivity index (χ0) is 41.5. The fraction of sp³-hybridized carbons (Fsp3) is 0.111. The van der Waals surface area contributed by atoms with Crippen molar-refractivity contribution in [3.8, 4) is 11.4 Å². The molecule has 0 aliphatic rings. The van der Waals surface area contributed by atoms with Gasteiger partial charge >= 0.3 is 0 Å². The van der Waals surface area contributed by atoms with E-state index in [1.165, 1.54) is 9.13 Å². The summed E-state index contributed by atoms with van der Waals surface area (Å²) in [5.74, 6) is 0. The SMILES string of the molecule is Cc1cc(C)c(-n2c(=O)c3cc4cc5cc6ccc7cc8cc9cc%10c(=O)n(-c%11c(C)cc(C)cc%11C)c(=O)c%10cc9cc8cc7ccc6cc5cc4cc3c2=O)c(C)c1. The van der Waals surface area contributed by atoms with Crippen LogP contribution in [0, 0.1) is 41.5 Å². The molecule has 0 aliphatic heterocycles. The molecule has 0 N–H and O–H groups in total. The number of benzene rings is 8. The van der Waals surface area contributed by atoms with Crippen LogP contribution in [-0.4, -0.2) is 9.13 Å². The minimum Gasteiger partial charge on any atom is -0.268 e. The van der Waals surface area contributed by atoms with E-state index in [1.807, 2.05) is 90.1 Å². The quantitative estimate of drug-likeness (QED) is 0.164. The average Bonchev–Trinajstić information content (AvgIpc) is 3.56. The summed E-state index contributed by atoms with van der Waals surface area (Å²) >= 11 is 0. The standard InChI is InChI=1S/C54H38N2O4/c1-27-11-29(3)49(30(4)12-27)55-51(57)45-23-41-19-37-15-33-7-9-35-17-39-21-43-25-47-48(54(60)56(53(47)59)50-31(5)13-28(2)14-32(50)6)26-44(43)22-40(39)18-36(35)10-8-34(33)16-38(37)20-42(41)24-46(45)52(55)58/h7-26H,1-6H3. The Balaban J connectivity index is 1.04. The highest BCUT2D eigenvalue weighted by atomic mass is 16.2. The maximum Gasteiger partial charge on any atom is 0.266 e. The molecule has 0 amide bonds. The maximum absolute atomic E-state index is 13.8. The van der Waals surface area contributed by atoms with E-state index in [-0.39, 0.29) is 22.2 Å². The molecule has 60 heavy (non-hydrogen) atoms. The summed E-state index contributed by atoms with van der Waals surface area (Å²) in [6.45, 7) is 11.8. The zero-order valence-electron chi connectivity index (χ0n) is 34.1. The first kappa shape index (κ1) is 35.7. The van der Waals surface area contributed by atoms with Crippen molar-refractivity contribution >= 4 is 86.2 Å². The second-order valence-electron chi connectivity index (χ2n) is 16.9. The van der Waals surface area contributed by atoms with E-state index in [0.717, 1.165) is 98.0 Å². The van der Waals surface area contributed by atoms with Gasteiger partial charge in [0.25, 0.3) is 22.2 Å². The van der Waals surface area contributed by atoms with Crippen LogP contribution in [0.3, 0.4) is 0 Å². The summed E-state index contributed by atoms with van der Waals surface area (Å²) in [7, 11) is 0. The van der Waals surface area contributed by atoms with Gasteiger partial charge in [-0.05, 0) is 201 Å². The van der Waals surface area contributed by atoms with Crippen molar-refractivity contribution in [3.63, 3.8) is 0 Å². The molecule has 2 heterocycles. The van der Waals surface area contributed by atoms with Gasteiger partial charge in [0.1, 0.15) is 0 Å². The van der Waals surface area contributed by atoms with Gasteiger partial charge in [-0.2, -0.15) is 0 Å². The van der Waals surface area contributed by atoms with Crippen molar-refractivity contribution in [2.75, 3.05) is 0 Å². The Morgan fingerprint density at radius 2 is 0.467 bits per heavy atom. The van der Waals surface area contributed by atoms with Gasteiger partial charge in [0.2, 0.25) is 0 Å². The monoisotopic (exact) mass is 778 g/mol. The molecule has 0 fully saturated rings. The summed E-state index contributed by atoms with van der Waals surface area (Å²) in [5.41, 5.74) is 5.92. The van der Waals surface area contributed by atoms with Crippen molar-refractivity contribution in [1.82, 2.24) is 9.13 Å². The molecule has 0 unspecified atom stereocenters. The van der Waals surface area contributed by atoms with Crippen LogP contribution in [0.4, 0.5) is 0 Å². The molecule has 11 rings (SSSR count).